The highest BCUT2D eigenvalue weighted by molar-refractivity contribution is 5.96. The molecule has 14 heteroatoms. The Morgan fingerprint density at radius 2 is 1.87 bits per heavy atom. The van der Waals surface area contributed by atoms with Crippen molar-refractivity contribution < 1.29 is 23.1 Å². The number of oxazole rings is 1. The van der Waals surface area contributed by atoms with Crippen LogP contribution in [-0.2, 0) is 16.6 Å². The predicted octanol–water partition coefficient (Wildman–Crippen LogP) is 3.22. The first-order chi connectivity index (χ1) is 21.9. The summed E-state index contributed by atoms with van der Waals surface area (Å²) < 4.78 is 25.1. The molecule has 2 amide bonds. The molecule has 0 aliphatic carbocycles. The van der Waals surface area contributed by atoms with Gasteiger partial charge in [-0.15, -0.1) is 10.2 Å². The first-order valence-corrected chi connectivity index (χ1v) is 14.7. The van der Waals surface area contributed by atoms with Crippen LogP contribution in [0.1, 0.15) is 40.8 Å². The van der Waals surface area contributed by atoms with Gasteiger partial charge < -0.3 is 19.4 Å². The lowest BCUT2D eigenvalue weighted by atomic mass is 10.0. The molecule has 3 aromatic heterocycles. The van der Waals surface area contributed by atoms with E-state index in [0.29, 0.717) is 73.3 Å². The summed E-state index contributed by atoms with van der Waals surface area (Å²) in [5.41, 5.74) is 3.45. The number of anilines is 1. The van der Waals surface area contributed by atoms with Gasteiger partial charge in [0.05, 0.1) is 13.1 Å². The fourth-order valence-electron chi connectivity index (χ4n) is 5.74. The maximum Gasteiger partial charge on any atom is 0.272 e. The van der Waals surface area contributed by atoms with Crippen molar-refractivity contribution in [1.29, 1.82) is 0 Å². The summed E-state index contributed by atoms with van der Waals surface area (Å²) >= 11 is 0. The zero-order valence-electron chi connectivity index (χ0n) is 24.5. The lowest BCUT2D eigenvalue weighted by Gasteiger charge is -2.38. The van der Waals surface area contributed by atoms with Crippen molar-refractivity contribution in [3.63, 3.8) is 0 Å². The van der Waals surface area contributed by atoms with Crippen molar-refractivity contribution in [2.75, 3.05) is 38.1 Å². The van der Waals surface area contributed by atoms with Crippen LogP contribution in [0.15, 0.2) is 65.2 Å². The number of hydrogen-bond acceptors (Lipinski definition) is 10. The number of ether oxygens (including phenoxy) is 1. The van der Waals surface area contributed by atoms with Crippen LogP contribution in [0.3, 0.4) is 0 Å². The topological polar surface area (TPSA) is 144 Å². The average Bonchev–Trinajstić information content (AvgIpc) is 3.84. The van der Waals surface area contributed by atoms with Crippen molar-refractivity contribution in [1.82, 2.24) is 40.0 Å². The molecule has 13 nitrogen and oxygen atoms in total. The van der Waals surface area contributed by atoms with Gasteiger partial charge in [0, 0.05) is 50.2 Å². The van der Waals surface area contributed by atoms with E-state index < -0.39 is 6.10 Å². The number of piperazine rings is 1. The summed E-state index contributed by atoms with van der Waals surface area (Å²) in [5.74, 6) is 0.144. The number of carbonyl (C=O) groups is 2. The number of benzene rings is 2. The third kappa shape index (κ3) is 6.01. The van der Waals surface area contributed by atoms with Gasteiger partial charge in [0.1, 0.15) is 23.1 Å². The van der Waals surface area contributed by atoms with Gasteiger partial charge in [-0.2, -0.15) is 4.80 Å². The molecule has 1 N–H and O–H groups in total. The summed E-state index contributed by atoms with van der Waals surface area (Å²) in [6, 6.07) is 14.6. The standard InChI is InChI=1S/C31H30FN9O4/c1-39-37-28(36-38-39)27(19-4-6-21(32)7-5-19)40-12-14-41(15-13-40)31(43)24-17-20(10-11-33-24)30-35-23-18-22(8-9-25(23)45-30)34-29(42)26-3-2-16-44-26/h4-11,17-18,26-27H,2-3,12-16H2,1H3,(H,34,42). The molecule has 7 rings (SSSR count). The van der Waals surface area contributed by atoms with Crippen molar-refractivity contribution >= 4 is 28.6 Å². The molecule has 45 heavy (non-hydrogen) atoms. The number of carbonyl (C=O) groups excluding carboxylic acids is 2. The van der Waals surface area contributed by atoms with E-state index in [1.54, 1.807) is 60.6 Å². The van der Waals surface area contributed by atoms with Crippen molar-refractivity contribution in [3.8, 4) is 11.5 Å². The summed E-state index contributed by atoms with van der Waals surface area (Å²) in [6.07, 6.45) is 2.70. The molecule has 2 aliphatic rings. The third-order valence-electron chi connectivity index (χ3n) is 8.02. The van der Waals surface area contributed by atoms with Crippen LogP contribution in [-0.4, -0.2) is 90.7 Å². The molecule has 0 bridgehead atoms. The van der Waals surface area contributed by atoms with Crippen LogP contribution in [0.25, 0.3) is 22.6 Å². The number of halogens is 1. The van der Waals surface area contributed by atoms with E-state index in [1.165, 1.54) is 16.9 Å². The quantitative estimate of drug-likeness (QED) is 0.291. The third-order valence-corrected chi connectivity index (χ3v) is 8.02. The largest absolute Gasteiger partial charge is 0.436 e. The molecular formula is C31H30FN9O4. The highest BCUT2D eigenvalue weighted by atomic mass is 19.1. The van der Waals surface area contributed by atoms with Crippen LogP contribution < -0.4 is 5.32 Å². The van der Waals surface area contributed by atoms with Gasteiger partial charge in [0.2, 0.25) is 5.89 Å². The highest BCUT2D eigenvalue weighted by Gasteiger charge is 2.32. The van der Waals surface area contributed by atoms with Gasteiger partial charge in [-0.25, -0.2) is 9.37 Å². The number of aryl methyl sites for hydroxylation is 1. The van der Waals surface area contributed by atoms with E-state index in [0.717, 1.165) is 12.0 Å². The molecule has 2 aliphatic heterocycles. The fraction of sp³-hybridized carbons (Fsp3) is 0.323. The first kappa shape index (κ1) is 28.7. The summed E-state index contributed by atoms with van der Waals surface area (Å²) in [6.45, 7) is 2.58. The Morgan fingerprint density at radius 1 is 1.04 bits per heavy atom. The molecule has 2 unspecified atom stereocenters. The lowest BCUT2D eigenvalue weighted by Crippen LogP contribution is -2.50. The van der Waals surface area contributed by atoms with Gasteiger partial charge in [-0.3, -0.25) is 19.5 Å². The van der Waals surface area contributed by atoms with Gasteiger partial charge in [-0.1, -0.05) is 12.1 Å². The number of aromatic nitrogens is 6. The number of hydrogen-bond donors (Lipinski definition) is 1. The Hall–Kier alpha value is -5.08. The fourth-order valence-corrected chi connectivity index (χ4v) is 5.74. The number of tetrazole rings is 1. The molecule has 0 radical (unpaired) electrons. The van der Waals surface area contributed by atoms with Gasteiger partial charge >= 0.3 is 0 Å². The molecule has 230 valence electrons. The zero-order valence-corrected chi connectivity index (χ0v) is 24.5. The number of nitrogens with zero attached hydrogens (tertiary/aromatic N) is 8. The molecule has 2 fully saturated rings. The molecule has 2 aromatic carbocycles. The second-order valence-corrected chi connectivity index (χ2v) is 11.0. The van der Waals surface area contributed by atoms with Crippen molar-refractivity contribution in [2.24, 2.45) is 7.05 Å². The Bertz CT molecular complexity index is 1840. The minimum atomic E-state index is -0.435. The monoisotopic (exact) mass is 611 g/mol. The Kier molecular flexibility index (Phi) is 7.73. The van der Waals surface area contributed by atoms with Gasteiger partial charge in [0.15, 0.2) is 11.4 Å². The molecule has 2 atom stereocenters. The molecule has 0 spiro atoms. The summed E-state index contributed by atoms with van der Waals surface area (Å²) in [4.78, 5) is 40.2. The number of rotatable bonds is 7. The molecule has 5 aromatic rings. The van der Waals surface area contributed by atoms with E-state index >= 15 is 0 Å². The number of pyridine rings is 1. The van der Waals surface area contributed by atoms with E-state index in [1.807, 2.05) is 0 Å². The Morgan fingerprint density at radius 3 is 2.60 bits per heavy atom. The smallest absolute Gasteiger partial charge is 0.272 e. The predicted molar refractivity (Wildman–Crippen MR) is 159 cm³/mol. The molecule has 0 saturated carbocycles. The molecular weight excluding hydrogens is 581 g/mol. The number of nitrogens with one attached hydrogen (secondary N) is 1. The second-order valence-electron chi connectivity index (χ2n) is 11.0. The Balaban J connectivity index is 1.04. The molecule has 5 heterocycles. The van der Waals surface area contributed by atoms with E-state index in [2.05, 4.69) is 35.6 Å². The zero-order chi connectivity index (χ0) is 30.9. The lowest BCUT2D eigenvalue weighted by molar-refractivity contribution is -0.124. The minimum Gasteiger partial charge on any atom is -0.436 e. The minimum absolute atomic E-state index is 0.176. The summed E-state index contributed by atoms with van der Waals surface area (Å²) in [5, 5.41) is 15.5. The normalized spacial score (nSPS) is 17.9. The molecule has 2 saturated heterocycles. The highest BCUT2D eigenvalue weighted by Crippen LogP contribution is 2.29. The van der Waals surface area contributed by atoms with E-state index in [-0.39, 0.29) is 29.4 Å². The van der Waals surface area contributed by atoms with Gasteiger partial charge in [0.25, 0.3) is 11.8 Å². The van der Waals surface area contributed by atoms with Crippen molar-refractivity contribution in [2.45, 2.75) is 25.0 Å². The van der Waals surface area contributed by atoms with Crippen LogP contribution in [0.2, 0.25) is 0 Å². The maximum absolute atomic E-state index is 13.7. The maximum atomic E-state index is 13.7. The van der Waals surface area contributed by atoms with Crippen LogP contribution in [0, 0.1) is 5.82 Å². The number of fused-ring (bicyclic) bond motifs is 1. The Labute approximate surface area is 257 Å². The summed E-state index contributed by atoms with van der Waals surface area (Å²) in [7, 11) is 1.70. The first-order valence-electron chi connectivity index (χ1n) is 14.7. The van der Waals surface area contributed by atoms with Crippen LogP contribution in [0.4, 0.5) is 10.1 Å². The SMILES string of the molecule is Cn1nnc(C(c2ccc(F)cc2)N2CCN(C(=O)c3cc(-c4nc5cc(NC(=O)C6CCCO6)ccc5o4)ccn3)CC2)n1. The van der Waals surface area contributed by atoms with Crippen LogP contribution >= 0.6 is 0 Å². The van der Waals surface area contributed by atoms with Crippen molar-refractivity contribution in [3.05, 3.63) is 83.7 Å². The number of amides is 2. The van der Waals surface area contributed by atoms with Gasteiger partial charge in [-0.05, 0) is 66.1 Å². The van der Waals surface area contributed by atoms with E-state index in [9.17, 15) is 14.0 Å². The second kappa shape index (κ2) is 12.1. The average molecular weight is 612 g/mol. The van der Waals surface area contributed by atoms with Crippen LogP contribution in [0.5, 0.6) is 0 Å². The van der Waals surface area contributed by atoms with E-state index in [4.69, 9.17) is 9.15 Å².